The Morgan fingerprint density at radius 1 is 1.15 bits per heavy atom. The van der Waals surface area contributed by atoms with Crippen molar-refractivity contribution in [2.75, 3.05) is 12.4 Å². The van der Waals surface area contributed by atoms with E-state index in [4.69, 9.17) is 9.47 Å². The molecule has 140 valence electrons. The van der Waals surface area contributed by atoms with E-state index in [1.54, 1.807) is 25.3 Å². The molecule has 27 heavy (non-hydrogen) atoms. The molecule has 0 aliphatic carbocycles. The minimum atomic E-state index is -0.451. The van der Waals surface area contributed by atoms with Gasteiger partial charge < -0.3 is 14.8 Å². The molecule has 0 unspecified atom stereocenters. The standard InChI is InChI=1S/C22H24N2O3/c1-14(2)27-20-9-8-17(12-21(20)26-5)11-18(13-23)22(25)24-19-10-15(3)6-7-16(19)4/h6-12,14H,1-5H3,(H,24,25)/b18-11+. The van der Waals surface area contributed by atoms with Crippen molar-refractivity contribution in [3.05, 3.63) is 58.7 Å². The SMILES string of the molecule is COc1cc(/C=C(\C#N)C(=O)Nc2cc(C)ccc2C)ccc1OC(C)C. The van der Waals surface area contributed by atoms with Gasteiger partial charge in [0.05, 0.1) is 13.2 Å². The highest BCUT2D eigenvalue weighted by Gasteiger charge is 2.12. The van der Waals surface area contributed by atoms with E-state index in [2.05, 4.69) is 5.32 Å². The molecule has 2 rings (SSSR count). The van der Waals surface area contributed by atoms with E-state index in [0.717, 1.165) is 11.1 Å². The quantitative estimate of drug-likeness (QED) is 0.598. The topological polar surface area (TPSA) is 71.3 Å². The average molecular weight is 364 g/mol. The van der Waals surface area contributed by atoms with E-state index in [1.807, 2.05) is 52.0 Å². The van der Waals surface area contributed by atoms with Crippen molar-refractivity contribution >= 4 is 17.7 Å². The maximum absolute atomic E-state index is 12.5. The van der Waals surface area contributed by atoms with Gasteiger partial charge in [0.2, 0.25) is 0 Å². The van der Waals surface area contributed by atoms with Crippen molar-refractivity contribution in [1.29, 1.82) is 5.26 Å². The second-order valence-corrected chi connectivity index (χ2v) is 6.52. The van der Waals surface area contributed by atoms with Crippen molar-refractivity contribution in [2.24, 2.45) is 0 Å². The first kappa shape index (κ1) is 20.1. The zero-order valence-corrected chi connectivity index (χ0v) is 16.3. The summed E-state index contributed by atoms with van der Waals surface area (Å²) in [6, 6.07) is 13.0. The molecule has 5 nitrogen and oxygen atoms in total. The van der Waals surface area contributed by atoms with Crippen LogP contribution in [0.1, 0.15) is 30.5 Å². The molecule has 0 aromatic heterocycles. The third-order valence-electron chi connectivity index (χ3n) is 3.87. The van der Waals surface area contributed by atoms with Gasteiger partial charge in [0, 0.05) is 5.69 Å². The smallest absolute Gasteiger partial charge is 0.266 e. The van der Waals surface area contributed by atoms with E-state index in [1.165, 1.54) is 6.08 Å². The number of nitriles is 1. The zero-order valence-electron chi connectivity index (χ0n) is 16.3. The van der Waals surface area contributed by atoms with E-state index in [0.29, 0.717) is 22.7 Å². The van der Waals surface area contributed by atoms with Crippen LogP contribution >= 0.6 is 0 Å². The van der Waals surface area contributed by atoms with Gasteiger partial charge in [0.1, 0.15) is 11.6 Å². The largest absolute Gasteiger partial charge is 0.493 e. The molecule has 2 aromatic carbocycles. The number of carbonyl (C=O) groups excluding carboxylic acids is 1. The summed E-state index contributed by atoms with van der Waals surface area (Å²) in [5.74, 6) is 0.709. The van der Waals surface area contributed by atoms with Crippen LogP contribution in [0.5, 0.6) is 11.5 Å². The van der Waals surface area contributed by atoms with Crippen LogP contribution in [-0.2, 0) is 4.79 Å². The number of anilines is 1. The van der Waals surface area contributed by atoms with Crippen molar-refractivity contribution < 1.29 is 14.3 Å². The fourth-order valence-electron chi connectivity index (χ4n) is 2.50. The lowest BCUT2D eigenvalue weighted by molar-refractivity contribution is -0.112. The third-order valence-corrected chi connectivity index (χ3v) is 3.87. The summed E-state index contributed by atoms with van der Waals surface area (Å²) in [5, 5.41) is 12.2. The van der Waals surface area contributed by atoms with Crippen LogP contribution in [0.25, 0.3) is 6.08 Å². The van der Waals surface area contributed by atoms with Crippen molar-refractivity contribution in [3.63, 3.8) is 0 Å². The number of ether oxygens (including phenoxy) is 2. The van der Waals surface area contributed by atoms with Gasteiger partial charge in [-0.05, 0) is 68.7 Å². The van der Waals surface area contributed by atoms with Gasteiger partial charge in [-0.2, -0.15) is 5.26 Å². The summed E-state index contributed by atoms with van der Waals surface area (Å²) in [7, 11) is 1.55. The lowest BCUT2D eigenvalue weighted by Crippen LogP contribution is -2.14. The highest BCUT2D eigenvalue weighted by atomic mass is 16.5. The maximum Gasteiger partial charge on any atom is 0.266 e. The fraction of sp³-hybridized carbons (Fsp3) is 0.273. The summed E-state index contributed by atoms with van der Waals surface area (Å²) in [5.41, 5.74) is 3.34. The molecule has 0 spiro atoms. The first-order valence-electron chi connectivity index (χ1n) is 8.69. The predicted molar refractivity (Wildman–Crippen MR) is 107 cm³/mol. The Hall–Kier alpha value is -3.26. The number of hydrogen-bond donors (Lipinski definition) is 1. The summed E-state index contributed by atoms with van der Waals surface area (Å²) >= 11 is 0. The molecule has 0 aliphatic rings. The van der Waals surface area contributed by atoms with E-state index in [9.17, 15) is 10.1 Å². The molecule has 0 heterocycles. The summed E-state index contributed by atoms with van der Waals surface area (Å²) in [4.78, 5) is 12.5. The Bertz CT molecular complexity index is 908. The molecule has 0 saturated heterocycles. The minimum absolute atomic E-state index is 0.00971. The first-order chi connectivity index (χ1) is 12.8. The molecule has 0 fully saturated rings. The van der Waals surface area contributed by atoms with Gasteiger partial charge >= 0.3 is 0 Å². The fourth-order valence-corrected chi connectivity index (χ4v) is 2.50. The number of amides is 1. The molecule has 1 amide bonds. The van der Waals surface area contributed by atoms with Gasteiger partial charge in [0.15, 0.2) is 11.5 Å². The Balaban J connectivity index is 2.28. The molecular weight excluding hydrogens is 340 g/mol. The monoisotopic (exact) mass is 364 g/mol. The predicted octanol–water partition coefficient (Wildman–Crippen LogP) is 4.64. The Labute approximate surface area is 160 Å². The molecule has 1 N–H and O–H groups in total. The van der Waals surface area contributed by atoms with Crippen LogP contribution in [0.3, 0.4) is 0 Å². The Morgan fingerprint density at radius 3 is 2.52 bits per heavy atom. The number of carbonyl (C=O) groups is 1. The highest BCUT2D eigenvalue weighted by Crippen LogP contribution is 2.30. The summed E-state index contributed by atoms with van der Waals surface area (Å²) < 4.78 is 11.0. The Kier molecular flexibility index (Phi) is 6.62. The lowest BCUT2D eigenvalue weighted by Gasteiger charge is -2.14. The van der Waals surface area contributed by atoms with Gasteiger partial charge in [-0.25, -0.2) is 0 Å². The number of rotatable bonds is 6. The normalized spacial score (nSPS) is 11.1. The van der Waals surface area contributed by atoms with Gasteiger partial charge in [-0.1, -0.05) is 18.2 Å². The van der Waals surface area contributed by atoms with Crippen molar-refractivity contribution in [3.8, 4) is 17.6 Å². The summed E-state index contributed by atoms with van der Waals surface area (Å²) in [6.45, 7) is 7.71. The van der Waals surface area contributed by atoms with E-state index < -0.39 is 5.91 Å². The van der Waals surface area contributed by atoms with Crippen molar-refractivity contribution in [1.82, 2.24) is 0 Å². The summed E-state index contributed by atoms with van der Waals surface area (Å²) in [6.07, 6.45) is 1.54. The number of methoxy groups -OCH3 is 1. The molecule has 0 bridgehead atoms. The van der Waals surface area contributed by atoms with Gasteiger partial charge in [-0.15, -0.1) is 0 Å². The minimum Gasteiger partial charge on any atom is -0.493 e. The third kappa shape index (κ3) is 5.35. The second kappa shape index (κ2) is 8.91. The average Bonchev–Trinajstić information content (AvgIpc) is 2.63. The van der Waals surface area contributed by atoms with Gasteiger partial charge in [0.25, 0.3) is 5.91 Å². The van der Waals surface area contributed by atoms with Crippen LogP contribution in [0, 0.1) is 25.2 Å². The number of nitrogens with zero attached hydrogens (tertiary/aromatic N) is 1. The number of hydrogen-bond acceptors (Lipinski definition) is 4. The molecule has 5 heteroatoms. The van der Waals surface area contributed by atoms with Crippen LogP contribution < -0.4 is 14.8 Å². The first-order valence-corrected chi connectivity index (χ1v) is 8.69. The lowest BCUT2D eigenvalue weighted by atomic mass is 10.1. The molecule has 0 atom stereocenters. The maximum atomic E-state index is 12.5. The second-order valence-electron chi connectivity index (χ2n) is 6.52. The molecule has 0 aliphatic heterocycles. The van der Waals surface area contributed by atoms with Crippen LogP contribution in [-0.4, -0.2) is 19.1 Å². The van der Waals surface area contributed by atoms with Crippen LogP contribution in [0.2, 0.25) is 0 Å². The molecule has 0 saturated carbocycles. The Morgan fingerprint density at radius 2 is 1.89 bits per heavy atom. The number of aryl methyl sites for hydroxylation is 2. The van der Waals surface area contributed by atoms with E-state index >= 15 is 0 Å². The highest BCUT2D eigenvalue weighted by molar-refractivity contribution is 6.10. The molecule has 0 radical (unpaired) electrons. The van der Waals surface area contributed by atoms with Gasteiger partial charge in [-0.3, -0.25) is 4.79 Å². The zero-order chi connectivity index (χ0) is 20.0. The van der Waals surface area contributed by atoms with Crippen LogP contribution in [0.4, 0.5) is 5.69 Å². The van der Waals surface area contributed by atoms with Crippen molar-refractivity contribution in [2.45, 2.75) is 33.8 Å². The number of benzene rings is 2. The molecular formula is C22H24N2O3. The molecule has 2 aromatic rings. The van der Waals surface area contributed by atoms with Crippen LogP contribution in [0.15, 0.2) is 42.0 Å². The number of nitrogens with one attached hydrogen (secondary N) is 1. The van der Waals surface area contributed by atoms with E-state index in [-0.39, 0.29) is 11.7 Å².